The number of aryl methyl sites for hydroxylation is 3. The second kappa shape index (κ2) is 5.95. The van der Waals surface area contributed by atoms with Crippen LogP contribution in [-0.2, 0) is 11.3 Å². The van der Waals surface area contributed by atoms with E-state index in [1.807, 2.05) is 62.9 Å². The summed E-state index contributed by atoms with van der Waals surface area (Å²) in [6.45, 7) is 9.19. The molecule has 3 nitrogen and oxygen atoms in total. The summed E-state index contributed by atoms with van der Waals surface area (Å²) in [7, 11) is 0. The lowest BCUT2D eigenvalue weighted by Crippen LogP contribution is -2.34. The van der Waals surface area contributed by atoms with E-state index in [1.165, 1.54) is 5.56 Å². The van der Waals surface area contributed by atoms with Crippen molar-refractivity contribution in [1.29, 1.82) is 0 Å². The van der Waals surface area contributed by atoms with Crippen molar-refractivity contribution in [2.75, 3.05) is 11.4 Å². The fourth-order valence-corrected chi connectivity index (χ4v) is 2.47. The van der Waals surface area contributed by atoms with Gasteiger partial charge in [0.2, 0.25) is 5.91 Å². The van der Waals surface area contributed by atoms with Crippen molar-refractivity contribution in [2.24, 2.45) is 0 Å². The first kappa shape index (κ1) is 14.4. The average Bonchev–Trinajstić information content (AvgIpc) is 2.71. The van der Waals surface area contributed by atoms with E-state index < -0.39 is 0 Å². The fraction of sp³-hybridized carbons (Fsp3) is 0.353. The number of hydrogen-bond acceptors (Lipinski definition) is 1. The lowest BCUT2D eigenvalue weighted by atomic mass is 10.2. The number of nitrogens with zero attached hydrogens (tertiary/aromatic N) is 2. The summed E-state index contributed by atoms with van der Waals surface area (Å²) in [6.07, 6.45) is 0. The molecule has 0 saturated carbocycles. The van der Waals surface area contributed by atoms with Crippen LogP contribution in [0.25, 0.3) is 0 Å². The largest absolute Gasteiger partial charge is 0.340 e. The molecule has 0 radical (unpaired) electrons. The third-order valence-electron chi connectivity index (χ3n) is 3.64. The van der Waals surface area contributed by atoms with Gasteiger partial charge in [0.25, 0.3) is 0 Å². The highest BCUT2D eigenvalue weighted by molar-refractivity contribution is 5.93. The molecule has 1 aromatic carbocycles. The van der Waals surface area contributed by atoms with E-state index in [1.54, 1.807) is 0 Å². The van der Waals surface area contributed by atoms with Gasteiger partial charge in [-0.2, -0.15) is 0 Å². The standard InChI is InChI=1S/C17H22N2O/c1-5-18(16-8-6-7-13(2)11-16)17(20)12-19-14(3)9-10-15(19)4/h6-11H,5,12H2,1-4H3. The van der Waals surface area contributed by atoms with Gasteiger partial charge in [0, 0.05) is 23.6 Å². The minimum atomic E-state index is 0.125. The Hall–Kier alpha value is -2.03. The molecule has 1 amide bonds. The molecule has 0 aliphatic carbocycles. The van der Waals surface area contributed by atoms with Gasteiger partial charge in [0.15, 0.2) is 0 Å². The van der Waals surface area contributed by atoms with E-state index in [2.05, 4.69) is 10.6 Å². The van der Waals surface area contributed by atoms with Crippen molar-refractivity contribution in [3.05, 3.63) is 53.3 Å². The maximum atomic E-state index is 12.6. The quantitative estimate of drug-likeness (QED) is 0.835. The second-order valence-corrected chi connectivity index (χ2v) is 5.18. The van der Waals surface area contributed by atoms with Gasteiger partial charge in [-0.1, -0.05) is 12.1 Å². The maximum Gasteiger partial charge on any atom is 0.246 e. The van der Waals surface area contributed by atoms with Gasteiger partial charge in [0.05, 0.1) is 0 Å². The lowest BCUT2D eigenvalue weighted by molar-refractivity contribution is -0.119. The van der Waals surface area contributed by atoms with E-state index in [4.69, 9.17) is 0 Å². The summed E-state index contributed by atoms with van der Waals surface area (Å²) >= 11 is 0. The van der Waals surface area contributed by atoms with Crippen molar-refractivity contribution >= 4 is 11.6 Å². The third kappa shape index (κ3) is 2.93. The van der Waals surface area contributed by atoms with Crippen LogP contribution in [0.5, 0.6) is 0 Å². The molecule has 0 aliphatic rings. The average molecular weight is 270 g/mol. The van der Waals surface area contributed by atoms with Crippen LogP contribution in [0.15, 0.2) is 36.4 Å². The minimum absolute atomic E-state index is 0.125. The summed E-state index contributed by atoms with van der Waals surface area (Å²) < 4.78 is 2.06. The number of benzene rings is 1. The molecule has 0 spiro atoms. The van der Waals surface area contributed by atoms with E-state index in [0.717, 1.165) is 17.1 Å². The molecule has 3 heteroatoms. The molecule has 0 aliphatic heterocycles. The molecule has 0 fully saturated rings. The molecule has 0 unspecified atom stereocenters. The maximum absolute atomic E-state index is 12.6. The highest BCUT2D eigenvalue weighted by atomic mass is 16.2. The van der Waals surface area contributed by atoms with Crippen LogP contribution in [0.1, 0.15) is 23.9 Å². The highest BCUT2D eigenvalue weighted by Gasteiger charge is 2.15. The minimum Gasteiger partial charge on any atom is -0.340 e. The van der Waals surface area contributed by atoms with Crippen LogP contribution in [0, 0.1) is 20.8 Å². The van der Waals surface area contributed by atoms with Crippen LogP contribution in [0.4, 0.5) is 5.69 Å². The van der Waals surface area contributed by atoms with Gasteiger partial charge in [-0.15, -0.1) is 0 Å². The van der Waals surface area contributed by atoms with Gasteiger partial charge in [0.1, 0.15) is 6.54 Å². The Bertz CT molecular complexity index is 594. The van der Waals surface area contributed by atoms with Crippen LogP contribution < -0.4 is 4.90 Å². The highest BCUT2D eigenvalue weighted by Crippen LogP contribution is 2.17. The van der Waals surface area contributed by atoms with Gasteiger partial charge in [-0.25, -0.2) is 0 Å². The predicted octanol–water partition coefficient (Wildman–Crippen LogP) is 3.47. The predicted molar refractivity (Wildman–Crippen MR) is 83.1 cm³/mol. The Morgan fingerprint density at radius 1 is 1.10 bits per heavy atom. The zero-order valence-electron chi connectivity index (χ0n) is 12.7. The molecule has 1 heterocycles. The molecule has 0 bridgehead atoms. The van der Waals surface area contributed by atoms with Crippen molar-refractivity contribution in [3.8, 4) is 0 Å². The van der Waals surface area contributed by atoms with Crippen LogP contribution >= 0.6 is 0 Å². The molecule has 0 atom stereocenters. The van der Waals surface area contributed by atoms with E-state index in [9.17, 15) is 4.79 Å². The van der Waals surface area contributed by atoms with Crippen molar-refractivity contribution in [1.82, 2.24) is 4.57 Å². The summed E-state index contributed by atoms with van der Waals surface area (Å²) in [6, 6.07) is 12.2. The van der Waals surface area contributed by atoms with Crippen molar-refractivity contribution in [3.63, 3.8) is 0 Å². The smallest absolute Gasteiger partial charge is 0.246 e. The number of anilines is 1. The first-order valence-corrected chi connectivity index (χ1v) is 7.02. The number of rotatable bonds is 4. The lowest BCUT2D eigenvalue weighted by Gasteiger charge is -2.22. The summed E-state index contributed by atoms with van der Waals surface area (Å²) in [5.74, 6) is 0.125. The monoisotopic (exact) mass is 270 g/mol. The number of carbonyl (C=O) groups excluding carboxylic acids is 1. The molecule has 106 valence electrons. The topological polar surface area (TPSA) is 25.2 Å². The summed E-state index contributed by atoms with van der Waals surface area (Å²) in [5, 5.41) is 0. The molecule has 2 aromatic rings. The SMILES string of the molecule is CCN(C(=O)Cn1c(C)ccc1C)c1cccc(C)c1. The van der Waals surface area contributed by atoms with E-state index >= 15 is 0 Å². The van der Waals surface area contributed by atoms with Crippen LogP contribution in [0.2, 0.25) is 0 Å². The van der Waals surface area contributed by atoms with Gasteiger partial charge >= 0.3 is 0 Å². The van der Waals surface area contributed by atoms with Crippen LogP contribution in [-0.4, -0.2) is 17.0 Å². The molecular weight excluding hydrogens is 248 g/mol. The first-order valence-electron chi connectivity index (χ1n) is 7.02. The summed E-state index contributed by atoms with van der Waals surface area (Å²) in [4.78, 5) is 14.4. The van der Waals surface area contributed by atoms with Gasteiger partial charge in [-0.05, 0) is 57.5 Å². The number of likely N-dealkylation sites (N-methyl/N-ethyl adjacent to an activating group) is 1. The number of hydrogen-bond donors (Lipinski definition) is 0. The molecular formula is C17H22N2O. The first-order chi connectivity index (χ1) is 9.52. The van der Waals surface area contributed by atoms with Crippen molar-refractivity contribution in [2.45, 2.75) is 34.2 Å². The summed E-state index contributed by atoms with van der Waals surface area (Å²) in [5.41, 5.74) is 4.38. The molecule has 2 rings (SSSR count). The van der Waals surface area contributed by atoms with E-state index in [0.29, 0.717) is 13.1 Å². The third-order valence-corrected chi connectivity index (χ3v) is 3.64. The van der Waals surface area contributed by atoms with Gasteiger partial charge < -0.3 is 9.47 Å². The Morgan fingerprint density at radius 3 is 2.30 bits per heavy atom. The molecule has 0 saturated heterocycles. The molecule has 0 N–H and O–H groups in total. The Balaban J connectivity index is 2.22. The molecule has 20 heavy (non-hydrogen) atoms. The Morgan fingerprint density at radius 2 is 1.75 bits per heavy atom. The zero-order valence-corrected chi connectivity index (χ0v) is 12.7. The fourth-order valence-electron chi connectivity index (χ4n) is 2.47. The Kier molecular flexibility index (Phi) is 4.28. The zero-order chi connectivity index (χ0) is 14.7. The number of aromatic nitrogens is 1. The normalized spacial score (nSPS) is 10.6. The Labute approximate surface area is 120 Å². The second-order valence-electron chi connectivity index (χ2n) is 5.18. The van der Waals surface area contributed by atoms with Gasteiger partial charge in [-0.3, -0.25) is 4.79 Å². The van der Waals surface area contributed by atoms with E-state index in [-0.39, 0.29) is 5.91 Å². The number of carbonyl (C=O) groups is 1. The van der Waals surface area contributed by atoms with Crippen molar-refractivity contribution < 1.29 is 4.79 Å². The molecule has 1 aromatic heterocycles. The number of amides is 1. The van der Waals surface area contributed by atoms with Crippen LogP contribution in [0.3, 0.4) is 0 Å².